The molecule has 0 amide bonds. The van der Waals surface area contributed by atoms with E-state index in [-0.39, 0.29) is 0 Å². The van der Waals surface area contributed by atoms with Crippen LogP contribution in [0.5, 0.6) is 0 Å². The van der Waals surface area contributed by atoms with Crippen molar-refractivity contribution >= 4 is 16.9 Å². The van der Waals surface area contributed by atoms with Gasteiger partial charge in [-0.1, -0.05) is 42.5 Å². The molecule has 0 radical (unpaired) electrons. The predicted octanol–water partition coefficient (Wildman–Crippen LogP) is 3.12. The zero-order valence-electron chi connectivity index (χ0n) is 17.7. The van der Waals surface area contributed by atoms with Crippen molar-refractivity contribution < 1.29 is 4.90 Å². The second kappa shape index (κ2) is 7.92. The number of aryl methyl sites for hydroxylation is 1. The highest BCUT2D eigenvalue weighted by molar-refractivity contribution is 6.02. The second-order valence-corrected chi connectivity index (χ2v) is 8.10. The van der Waals surface area contributed by atoms with E-state index in [2.05, 4.69) is 84.1 Å². The van der Waals surface area contributed by atoms with Crippen molar-refractivity contribution in [3.8, 4) is 16.8 Å². The molecule has 0 unspecified atom stereocenters. The van der Waals surface area contributed by atoms with Gasteiger partial charge in [-0.3, -0.25) is 0 Å². The average molecular weight is 399 g/mol. The predicted molar refractivity (Wildman–Crippen MR) is 122 cm³/mol. The van der Waals surface area contributed by atoms with Gasteiger partial charge >= 0.3 is 0 Å². The van der Waals surface area contributed by atoms with Gasteiger partial charge in [-0.2, -0.15) is 0 Å². The minimum absolute atomic E-state index is 0.967. The molecule has 3 heterocycles. The number of piperazine rings is 1. The lowest BCUT2D eigenvalue weighted by molar-refractivity contribution is -0.898. The molecule has 0 atom stereocenters. The van der Waals surface area contributed by atoms with E-state index in [1.165, 1.54) is 23.2 Å². The Kier molecular flexibility index (Phi) is 4.97. The molecule has 1 N–H and O–H groups in total. The Labute approximate surface area is 177 Å². The fraction of sp³-hybridized carbons (Fsp3) is 0.280. The van der Waals surface area contributed by atoms with E-state index in [4.69, 9.17) is 9.97 Å². The minimum atomic E-state index is 0.967. The summed E-state index contributed by atoms with van der Waals surface area (Å²) in [7, 11) is 0. The molecule has 5 nitrogen and oxygen atoms in total. The first-order valence-electron chi connectivity index (χ1n) is 10.8. The number of rotatable bonds is 4. The average Bonchev–Trinajstić information content (AvgIpc) is 3.20. The van der Waals surface area contributed by atoms with E-state index in [0.29, 0.717) is 0 Å². The first-order chi connectivity index (χ1) is 14.7. The van der Waals surface area contributed by atoms with Crippen LogP contribution in [0.4, 0.5) is 5.82 Å². The Morgan fingerprint density at radius 2 is 1.77 bits per heavy atom. The molecule has 5 rings (SSSR count). The van der Waals surface area contributed by atoms with Crippen molar-refractivity contribution in [2.45, 2.75) is 13.8 Å². The van der Waals surface area contributed by atoms with Gasteiger partial charge in [-0.05, 0) is 37.1 Å². The molecule has 30 heavy (non-hydrogen) atoms. The number of anilines is 1. The number of quaternary nitrogens is 1. The van der Waals surface area contributed by atoms with Crippen LogP contribution in [0.15, 0.2) is 67.1 Å². The molecule has 1 aliphatic heterocycles. The van der Waals surface area contributed by atoms with Crippen molar-refractivity contribution in [2.24, 2.45) is 0 Å². The van der Waals surface area contributed by atoms with Crippen LogP contribution >= 0.6 is 0 Å². The first-order valence-corrected chi connectivity index (χ1v) is 10.8. The minimum Gasteiger partial charge on any atom is -0.345 e. The summed E-state index contributed by atoms with van der Waals surface area (Å²) < 4.78 is 2.21. The van der Waals surface area contributed by atoms with Gasteiger partial charge in [-0.25, -0.2) is 9.97 Å². The van der Waals surface area contributed by atoms with Crippen molar-refractivity contribution in [1.29, 1.82) is 0 Å². The summed E-state index contributed by atoms with van der Waals surface area (Å²) in [4.78, 5) is 13.6. The van der Waals surface area contributed by atoms with E-state index in [9.17, 15) is 0 Å². The molecule has 1 fully saturated rings. The smallest absolute Gasteiger partial charge is 0.150 e. The molecule has 0 bridgehead atoms. The molecule has 4 aromatic rings. The molecule has 0 spiro atoms. The number of fused-ring (bicyclic) bond motifs is 1. The van der Waals surface area contributed by atoms with Crippen molar-refractivity contribution in [3.63, 3.8) is 0 Å². The molecule has 1 saturated heterocycles. The maximum absolute atomic E-state index is 4.78. The Balaban J connectivity index is 1.71. The van der Waals surface area contributed by atoms with E-state index < -0.39 is 0 Å². The highest BCUT2D eigenvalue weighted by Gasteiger charge is 2.25. The van der Waals surface area contributed by atoms with E-state index in [0.717, 1.165) is 48.7 Å². The normalized spacial score (nSPS) is 15.1. The van der Waals surface area contributed by atoms with E-state index >= 15 is 0 Å². The zero-order valence-corrected chi connectivity index (χ0v) is 17.7. The van der Waals surface area contributed by atoms with Crippen molar-refractivity contribution in [2.75, 3.05) is 37.6 Å². The van der Waals surface area contributed by atoms with Gasteiger partial charge in [0.2, 0.25) is 0 Å². The number of likely N-dealkylation sites (N-methyl/N-ethyl adjacent to an activating group) is 1. The van der Waals surface area contributed by atoms with Crippen LogP contribution in [-0.4, -0.2) is 47.3 Å². The van der Waals surface area contributed by atoms with Gasteiger partial charge in [0, 0.05) is 17.4 Å². The van der Waals surface area contributed by atoms with Crippen LogP contribution in [0.3, 0.4) is 0 Å². The van der Waals surface area contributed by atoms with Crippen LogP contribution in [0.25, 0.3) is 27.8 Å². The van der Waals surface area contributed by atoms with E-state index in [1.807, 2.05) is 0 Å². The van der Waals surface area contributed by atoms with Crippen LogP contribution in [-0.2, 0) is 0 Å². The number of nitrogens with zero attached hydrogens (tertiary/aromatic N) is 4. The Bertz CT molecular complexity index is 1160. The molecular formula is C25H28N5+. The van der Waals surface area contributed by atoms with E-state index in [1.54, 1.807) is 11.2 Å². The van der Waals surface area contributed by atoms with Gasteiger partial charge < -0.3 is 14.4 Å². The summed E-state index contributed by atoms with van der Waals surface area (Å²) in [6, 6.07) is 19.2. The molecule has 2 aromatic carbocycles. The highest BCUT2D eigenvalue weighted by atomic mass is 15.3. The third-order valence-electron chi connectivity index (χ3n) is 6.20. The number of nitrogens with one attached hydrogen (secondary N) is 1. The topological polar surface area (TPSA) is 38.4 Å². The maximum Gasteiger partial charge on any atom is 0.150 e. The third-order valence-corrected chi connectivity index (χ3v) is 6.20. The molecule has 0 aliphatic carbocycles. The lowest BCUT2D eigenvalue weighted by atomic mass is 10.1. The largest absolute Gasteiger partial charge is 0.345 e. The van der Waals surface area contributed by atoms with Crippen LogP contribution in [0.2, 0.25) is 0 Å². The Morgan fingerprint density at radius 3 is 2.50 bits per heavy atom. The monoisotopic (exact) mass is 398 g/mol. The van der Waals surface area contributed by atoms with Gasteiger partial charge in [-0.15, -0.1) is 0 Å². The SMILES string of the molecule is CC[NH+]1CCN(c2ncnc3c2c(-c2ccccc2)cn3-c2cccc(C)c2)CC1. The van der Waals surface area contributed by atoms with Crippen molar-refractivity contribution in [1.82, 2.24) is 14.5 Å². The van der Waals surface area contributed by atoms with Crippen LogP contribution < -0.4 is 9.80 Å². The molecule has 1 aliphatic rings. The lowest BCUT2D eigenvalue weighted by Crippen LogP contribution is -3.14. The number of benzene rings is 2. The summed E-state index contributed by atoms with van der Waals surface area (Å²) in [5.74, 6) is 1.06. The second-order valence-electron chi connectivity index (χ2n) is 8.10. The lowest BCUT2D eigenvalue weighted by Gasteiger charge is -2.32. The van der Waals surface area contributed by atoms with Gasteiger partial charge in [0.25, 0.3) is 0 Å². The summed E-state index contributed by atoms with van der Waals surface area (Å²) in [6.45, 7) is 9.94. The van der Waals surface area contributed by atoms with Gasteiger partial charge in [0.15, 0.2) is 5.65 Å². The van der Waals surface area contributed by atoms with Crippen LogP contribution in [0.1, 0.15) is 12.5 Å². The summed E-state index contributed by atoms with van der Waals surface area (Å²) >= 11 is 0. The number of hydrogen-bond donors (Lipinski definition) is 1. The zero-order chi connectivity index (χ0) is 20.5. The summed E-state index contributed by atoms with van der Waals surface area (Å²) in [6.07, 6.45) is 3.94. The van der Waals surface area contributed by atoms with Crippen molar-refractivity contribution in [3.05, 3.63) is 72.7 Å². The molecule has 2 aromatic heterocycles. The number of hydrogen-bond acceptors (Lipinski definition) is 3. The van der Waals surface area contributed by atoms with Gasteiger partial charge in [0.1, 0.15) is 12.1 Å². The molecule has 5 heteroatoms. The summed E-state index contributed by atoms with van der Waals surface area (Å²) in [5.41, 5.74) is 5.72. The highest BCUT2D eigenvalue weighted by Crippen LogP contribution is 2.36. The molecule has 0 saturated carbocycles. The van der Waals surface area contributed by atoms with Gasteiger partial charge in [0.05, 0.1) is 38.1 Å². The Hall–Kier alpha value is -3.18. The Morgan fingerprint density at radius 1 is 0.967 bits per heavy atom. The third kappa shape index (κ3) is 3.35. The quantitative estimate of drug-likeness (QED) is 0.574. The van der Waals surface area contributed by atoms with Crippen LogP contribution in [0, 0.1) is 6.92 Å². The fourth-order valence-electron chi connectivity index (χ4n) is 4.48. The molecular weight excluding hydrogens is 370 g/mol. The summed E-state index contributed by atoms with van der Waals surface area (Å²) in [5, 5.41) is 1.14. The maximum atomic E-state index is 4.78. The standard InChI is InChI=1S/C25H27N5/c1-3-28-12-14-29(15-13-28)24-23-22(20-9-5-4-6-10-20)17-30(25(23)27-18-26-24)21-11-7-8-19(2)16-21/h4-11,16-18H,3,12-15H2,1-2H3/p+1. The number of aromatic nitrogens is 3. The molecule has 152 valence electrons. The fourth-order valence-corrected chi connectivity index (χ4v) is 4.48. The first kappa shape index (κ1) is 18.8.